The Morgan fingerprint density at radius 2 is 2.17 bits per heavy atom. The van der Waals surface area contributed by atoms with E-state index in [1.165, 1.54) is 7.05 Å². The third-order valence-corrected chi connectivity index (χ3v) is 3.75. The molecule has 1 atom stereocenters. The molecule has 0 bridgehead atoms. The van der Waals surface area contributed by atoms with Gasteiger partial charge in [0.05, 0.1) is 18.9 Å². The van der Waals surface area contributed by atoms with Gasteiger partial charge in [-0.2, -0.15) is 9.57 Å². The van der Waals surface area contributed by atoms with Crippen LogP contribution in [0.1, 0.15) is 18.5 Å². The summed E-state index contributed by atoms with van der Waals surface area (Å²) < 4.78 is 29.3. The average Bonchev–Trinajstić information content (AvgIpc) is 2.29. The van der Waals surface area contributed by atoms with Crippen LogP contribution in [-0.2, 0) is 10.0 Å². The Morgan fingerprint density at radius 3 is 2.67 bits per heavy atom. The molecule has 0 saturated heterocycles. The lowest BCUT2D eigenvalue weighted by Gasteiger charge is -2.20. The zero-order valence-corrected chi connectivity index (χ0v) is 11.4. The first-order valence-corrected chi connectivity index (χ1v) is 7.30. The summed E-state index contributed by atoms with van der Waals surface area (Å²) in [4.78, 5) is 0. The van der Waals surface area contributed by atoms with Crippen LogP contribution < -0.4 is 4.74 Å². The lowest BCUT2D eigenvalue weighted by atomic mass is 10.1. The molecule has 5 nitrogen and oxygen atoms in total. The van der Waals surface area contributed by atoms with E-state index in [1.807, 2.05) is 13.0 Å². The molecular formula is C12H16N2O3S. The fourth-order valence-corrected chi connectivity index (χ4v) is 2.05. The van der Waals surface area contributed by atoms with Crippen LogP contribution in [0.5, 0.6) is 5.75 Å². The van der Waals surface area contributed by atoms with Gasteiger partial charge in [0, 0.05) is 7.05 Å². The Labute approximate surface area is 108 Å². The minimum atomic E-state index is -3.42. The van der Waals surface area contributed by atoms with Gasteiger partial charge in [-0.05, 0) is 24.6 Å². The topological polar surface area (TPSA) is 70.4 Å². The smallest absolute Gasteiger partial charge is 0.212 e. The van der Waals surface area contributed by atoms with E-state index in [9.17, 15) is 8.42 Å². The standard InChI is InChI=1S/C12H16N2O3S/c1-4-17-11-7-5-6-10(8-11)12(9-13)14(2)18(3,15)16/h5-8,12H,4H2,1-3H3. The molecule has 1 rings (SSSR count). The number of ether oxygens (including phenoxy) is 1. The first kappa shape index (κ1) is 14.5. The van der Waals surface area contributed by atoms with Gasteiger partial charge in [-0.3, -0.25) is 0 Å². The predicted molar refractivity (Wildman–Crippen MR) is 68.6 cm³/mol. The second-order valence-corrected chi connectivity index (χ2v) is 5.86. The number of sulfonamides is 1. The highest BCUT2D eigenvalue weighted by Crippen LogP contribution is 2.24. The zero-order chi connectivity index (χ0) is 13.8. The minimum absolute atomic E-state index is 0.516. The largest absolute Gasteiger partial charge is 0.494 e. The average molecular weight is 268 g/mol. The van der Waals surface area contributed by atoms with E-state index in [0.717, 1.165) is 10.6 Å². The lowest BCUT2D eigenvalue weighted by Crippen LogP contribution is -2.29. The van der Waals surface area contributed by atoms with Crippen LogP contribution in [0, 0.1) is 11.3 Å². The van der Waals surface area contributed by atoms with E-state index in [4.69, 9.17) is 10.00 Å². The molecule has 98 valence electrons. The van der Waals surface area contributed by atoms with Crippen molar-refractivity contribution in [1.29, 1.82) is 5.26 Å². The maximum absolute atomic E-state index is 11.5. The first-order valence-electron chi connectivity index (χ1n) is 5.45. The molecule has 1 unspecified atom stereocenters. The summed E-state index contributed by atoms with van der Waals surface area (Å²) in [5.74, 6) is 0.622. The van der Waals surface area contributed by atoms with Crippen molar-refractivity contribution in [3.05, 3.63) is 29.8 Å². The summed E-state index contributed by atoms with van der Waals surface area (Å²) >= 11 is 0. The molecule has 0 saturated carbocycles. The van der Waals surface area contributed by atoms with Gasteiger partial charge in [-0.25, -0.2) is 8.42 Å². The molecule has 0 fully saturated rings. The van der Waals surface area contributed by atoms with Gasteiger partial charge in [-0.15, -0.1) is 0 Å². The molecule has 0 aliphatic heterocycles. The third-order valence-electron chi connectivity index (χ3n) is 2.49. The van der Waals surface area contributed by atoms with E-state index in [-0.39, 0.29) is 0 Å². The highest BCUT2D eigenvalue weighted by Gasteiger charge is 2.24. The second-order valence-electron chi connectivity index (χ2n) is 3.82. The number of nitriles is 1. The van der Waals surface area contributed by atoms with Gasteiger partial charge in [0.15, 0.2) is 0 Å². The van der Waals surface area contributed by atoms with Crippen LogP contribution in [0.15, 0.2) is 24.3 Å². The quantitative estimate of drug-likeness (QED) is 0.812. The molecule has 0 radical (unpaired) electrons. The molecular weight excluding hydrogens is 252 g/mol. The summed E-state index contributed by atoms with van der Waals surface area (Å²) in [5.41, 5.74) is 0.594. The minimum Gasteiger partial charge on any atom is -0.494 e. The summed E-state index contributed by atoms with van der Waals surface area (Å²) in [5, 5.41) is 9.14. The Hall–Kier alpha value is -1.58. The summed E-state index contributed by atoms with van der Waals surface area (Å²) in [6, 6.07) is 8.03. The normalized spacial score (nSPS) is 13.1. The number of hydrogen-bond donors (Lipinski definition) is 0. The summed E-state index contributed by atoms with van der Waals surface area (Å²) in [6.07, 6.45) is 1.07. The van der Waals surface area contributed by atoms with Crippen molar-refractivity contribution >= 4 is 10.0 Å². The van der Waals surface area contributed by atoms with Crippen LogP contribution in [0.4, 0.5) is 0 Å². The van der Waals surface area contributed by atoms with Crippen molar-refractivity contribution in [2.75, 3.05) is 19.9 Å². The Bertz CT molecular complexity index is 549. The number of rotatable bonds is 5. The molecule has 0 spiro atoms. The number of hydrogen-bond acceptors (Lipinski definition) is 4. The molecule has 18 heavy (non-hydrogen) atoms. The van der Waals surface area contributed by atoms with Crippen molar-refractivity contribution in [2.24, 2.45) is 0 Å². The molecule has 6 heteroatoms. The van der Waals surface area contributed by atoms with Gasteiger partial charge in [0.1, 0.15) is 11.8 Å². The van der Waals surface area contributed by atoms with Crippen molar-refractivity contribution in [3.63, 3.8) is 0 Å². The summed E-state index contributed by atoms with van der Waals surface area (Å²) in [7, 11) is -2.03. The van der Waals surface area contributed by atoms with Gasteiger partial charge in [0.2, 0.25) is 10.0 Å². The molecule has 1 aromatic carbocycles. The first-order chi connectivity index (χ1) is 8.40. The lowest BCUT2D eigenvalue weighted by molar-refractivity contribution is 0.339. The van der Waals surface area contributed by atoms with Crippen LogP contribution in [-0.4, -0.2) is 32.6 Å². The van der Waals surface area contributed by atoms with Crippen LogP contribution in [0.25, 0.3) is 0 Å². The highest BCUT2D eigenvalue weighted by atomic mass is 32.2. The van der Waals surface area contributed by atoms with Crippen LogP contribution in [0.3, 0.4) is 0 Å². The van der Waals surface area contributed by atoms with E-state index < -0.39 is 16.1 Å². The SMILES string of the molecule is CCOc1cccc(C(C#N)N(C)S(C)(=O)=O)c1. The van der Waals surface area contributed by atoms with Gasteiger partial charge in [-0.1, -0.05) is 12.1 Å². The van der Waals surface area contributed by atoms with Gasteiger partial charge >= 0.3 is 0 Å². The Balaban J connectivity index is 3.10. The van der Waals surface area contributed by atoms with Crippen molar-refractivity contribution in [2.45, 2.75) is 13.0 Å². The fourth-order valence-electron chi connectivity index (χ4n) is 1.50. The number of benzene rings is 1. The fraction of sp³-hybridized carbons (Fsp3) is 0.417. The molecule has 0 aromatic heterocycles. The van der Waals surface area contributed by atoms with Crippen molar-refractivity contribution < 1.29 is 13.2 Å². The third kappa shape index (κ3) is 3.45. The maximum atomic E-state index is 11.5. The number of nitrogens with zero attached hydrogens (tertiary/aromatic N) is 2. The Morgan fingerprint density at radius 1 is 1.50 bits per heavy atom. The van der Waals surface area contributed by atoms with E-state index in [1.54, 1.807) is 24.3 Å². The van der Waals surface area contributed by atoms with Gasteiger partial charge in [0.25, 0.3) is 0 Å². The molecule has 0 aliphatic rings. The highest BCUT2D eigenvalue weighted by molar-refractivity contribution is 7.88. The summed E-state index contributed by atoms with van der Waals surface area (Å²) in [6.45, 7) is 2.37. The zero-order valence-electron chi connectivity index (χ0n) is 10.6. The van der Waals surface area contributed by atoms with Crippen LogP contribution >= 0.6 is 0 Å². The van der Waals surface area contributed by atoms with Gasteiger partial charge < -0.3 is 4.74 Å². The van der Waals surface area contributed by atoms with Crippen LogP contribution in [0.2, 0.25) is 0 Å². The van der Waals surface area contributed by atoms with E-state index >= 15 is 0 Å². The monoisotopic (exact) mass is 268 g/mol. The van der Waals surface area contributed by atoms with E-state index in [0.29, 0.717) is 17.9 Å². The predicted octanol–water partition coefficient (Wildman–Crippen LogP) is 1.54. The van der Waals surface area contributed by atoms with E-state index in [2.05, 4.69) is 0 Å². The second kappa shape index (κ2) is 5.85. The molecule has 0 N–H and O–H groups in total. The maximum Gasteiger partial charge on any atom is 0.212 e. The molecule has 0 aliphatic carbocycles. The molecule has 0 heterocycles. The molecule has 0 amide bonds. The molecule has 1 aromatic rings. The van der Waals surface area contributed by atoms with Crippen molar-refractivity contribution in [3.8, 4) is 11.8 Å². The van der Waals surface area contributed by atoms with Crippen molar-refractivity contribution in [1.82, 2.24) is 4.31 Å². The Kier molecular flexibility index (Phi) is 4.70.